The molecule has 82 valence electrons. The van der Waals surface area contributed by atoms with Crippen LogP contribution in [0.2, 0.25) is 0 Å². The summed E-state index contributed by atoms with van der Waals surface area (Å²) in [6, 6.07) is 7.36. The van der Waals surface area contributed by atoms with Crippen LogP contribution in [0.15, 0.2) is 18.2 Å². The van der Waals surface area contributed by atoms with Crippen LogP contribution in [0.3, 0.4) is 0 Å². The molecule has 1 aliphatic rings. The first-order chi connectivity index (χ1) is 7.27. The summed E-state index contributed by atoms with van der Waals surface area (Å²) in [7, 11) is 0. The molecule has 1 nitrogen and oxygen atoms in total. The van der Waals surface area contributed by atoms with Crippen LogP contribution in [-0.4, -0.2) is 6.54 Å². The molecule has 1 heteroatoms. The molecule has 0 aromatic heterocycles. The molecule has 15 heavy (non-hydrogen) atoms. The van der Waals surface area contributed by atoms with Crippen LogP contribution in [0.25, 0.3) is 0 Å². The summed E-state index contributed by atoms with van der Waals surface area (Å²) in [5.74, 6) is 0.743. The van der Waals surface area contributed by atoms with Gasteiger partial charge in [-0.15, -0.1) is 0 Å². The zero-order valence-electron chi connectivity index (χ0n) is 10.0. The number of rotatable bonds is 3. The Kier molecular flexibility index (Phi) is 3.11. The van der Waals surface area contributed by atoms with Crippen molar-refractivity contribution in [2.24, 2.45) is 5.92 Å². The fourth-order valence-corrected chi connectivity index (χ4v) is 2.80. The number of hydrogen-bond donors (Lipinski definition) is 1. The van der Waals surface area contributed by atoms with Gasteiger partial charge in [-0.1, -0.05) is 39.0 Å². The maximum Gasteiger partial charge on any atom is 0.0351 e. The number of benzene rings is 1. The van der Waals surface area contributed by atoms with Crippen molar-refractivity contribution in [1.29, 1.82) is 0 Å². The Morgan fingerprint density at radius 2 is 2.13 bits per heavy atom. The molecular formula is C14H21N. The second-order valence-electron chi connectivity index (χ2n) is 4.56. The van der Waals surface area contributed by atoms with Crippen LogP contribution in [0.5, 0.6) is 0 Å². The summed E-state index contributed by atoms with van der Waals surface area (Å²) in [6.45, 7) is 7.85. The molecule has 0 bridgehead atoms. The first-order valence-corrected chi connectivity index (χ1v) is 6.12. The second-order valence-corrected chi connectivity index (χ2v) is 4.56. The summed E-state index contributed by atoms with van der Waals surface area (Å²) >= 11 is 0. The quantitative estimate of drug-likeness (QED) is 0.796. The van der Waals surface area contributed by atoms with Gasteiger partial charge < -0.3 is 5.32 Å². The lowest BCUT2D eigenvalue weighted by Crippen LogP contribution is -2.23. The highest BCUT2D eigenvalue weighted by Crippen LogP contribution is 2.37. The average molecular weight is 203 g/mol. The van der Waals surface area contributed by atoms with Crippen LogP contribution >= 0.6 is 0 Å². The van der Waals surface area contributed by atoms with Crippen molar-refractivity contribution < 1.29 is 0 Å². The first-order valence-electron chi connectivity index (χ1n) is 6.12. The van der Waals surface area contributed by atoms with Gasteiger partial charge in [-0.3, -0.25) is 0 Å². The van der Waals surface area contributed by atoms with Gasteiger partial charge in [0.2, 0.25) is 0 Å². The van der Waals surface area contributed by atoms with E-state index in [1.54, 1.807) is 16.7 Å². The Hall–Kier alpha value is -0.820. The Bertz CT molecular complexity index is 343. The number of fused-ring (bicyclic) bond motifs is 1. The molecule has 0 aliphatic heterocycles. The lowest BCUT2D eigenvalue weighted by atomic mass is 10.0. The van der Waals surface area contributed by atoms with Crippen molar-refractivity contribution in [3.63, 3.8) is 0 Å². The van der Waals surface area contributed by atoms with Gasteiger partial charge >= 0.3 is 0 Å². The summed E-state index contributed by atoms with van der Waals surface area (Å²) in [6.07, 6.45) is 2.41. The van der Waals surface area contributed by atoms with Gasteiger partial charge in [-0.25, -0.2) is 0 Å². The molecule has 2 unspecified atom stereocenters. The van der Waals surface area contributed by atoms with Crippen LogP contribution in [0.4, 0.5) is 0 Å². The van der Waals surface area contributed by atoms with Gasteiger partial charge in [-0.2, -0.15) is 0 Å². The van der Waals surface area contributed by atoms with E-state index in [0.717, 1.165) is 18.9 Å². The van der Waals surface area contributed by atoms with Gasteiger partial charge in [0.05, 0.1) is 0 Å². The molecule has 0 heterocycles. The average Bonchev–Trinajstić information content (AvgIpc) is 2.56. The fraction of sp³-hybridized carbons (Fsp3) is 0.571. The number of aryl methyl sites for hydroxylation is 1. The van der Waals surface area contributed by atoms with Gasteiger partial charge in [0.25, 0.3) is 0 Å². The van der Waals surface area contributed by atoms with Crippen molar-refractivity contribution in [2.75, 3.05) is 6.54 Å². The van der Waals surface area contributed by atoms with E-state index in [9.17, 15) is 0 Å². The third-order valence-electron chi connectivity index (χ3n) is 3.54. The van der Waals surface area contributed by atoms with Crippen LogP contribution in [-0.2, 0) is 12.8 Å². The molecule has 0 saturated heterocycles. The maximum atomic E-state index is 3.60. The largest absolute Gasteiger partial charge is 0.310 e. The van der Waals surface area contributed by atoms with Crippen molar-refractivity contribution in [3.8, 4) is 0 Å². The Labute approximate surface area is 92.9 Å². The topological polar surface area (TPSA) is 12.0 Å². The van der Waals surface area contributed by atoms with E-state index in [0.29, 0.717) is 6.04 Å². The monoisotopic (exact) mass is 203 g/mol. The summed E-state index contributed by atoms with van der Waals surface area (Å²) in [5, 5.41) is 3.60. The van der Waals surface area contributed by atoms with Crippen molar-refractivity contribution in [1.82, 2.24) is 5.32 Å². The molecule has 1 aromatic carbocycles. The zero-order valence-corrected chi connectivity index (χ0v) is 10.0. The molecule has 2 atom stereocenters. The lowest BCUT2D eigenvalue weighted by Gasteiger charge is -2.17. The van der Waals surface area contributed by atoms with Gasteiger partial charge in [0.1, 0.15) is 0 Å². The summed E-state index contributed by atoms with van der Waals surface area (Å²) in [5.41, 5.74) is 4.70. The smallest absolute Gasteiger partial charge is 0.0351 e. The highest BCUT2D eigenvalue weighted by atomic mass is 14.9. The normalized spacial score (nSPS) is 24.2. The standard InChI is InChI=1S/C14H21N/c1-4-11-7-6-8-12-13(11)9-10(3)14(12)15-5-2/h6-8,10,14-15H,4-5,9H2,1-3H3. The number of nitrogens with one attached hydrogen (secondary N) is 1. The fourth-order valence-electron chi connectivity index (χ4n) is 2.80. The highest BCUT2D eigenvalue weighted by molar-refractivity contribution is 5.41. The van der Waals surface area contributed by atoms with Crippen LogP contribution in [0, 0.1) is 5.92 Å². The number of hydrogen-bond acceptors (Lipinski definition) is 1. The zero-order chi connectivity index (χ0) is 10.8. The molecule has 1 aromatic rings. The minimum atomic E-state index is 0.580. The Morgan fingerprint density at radius 1 is 1.33 bits per heavy atom. The van der Waals surface area contributed by atoms with Crippen LogP contribution in [0.1, 0.15) is 43.5 Å². The van der Waals surface area contributed by atoms with Gasteiger partial charge in [0, 0.05) is 6.04 Å². The van der Waals surface area contributed by atoms with Gasteiger partial charge in [-0.05, 0) is 42.0 Å². The van der Waals surface area contributed by atoms with Crippen molar-refractivity contribution >= 4 is 0 Å². The predicted molar refractivity (Wildman–Crippen MR) is 65.1 cm³/mol. The van der Waals surface area contributed by atoms with Crippen LogP contribution < -0.4 is 5.32 Å². The Balaban J connectivity index is 2.37. The first kappa shape index (κ1) is 10.7. The highest BCUT2D eigenvalue weighted by Gasteiger charge is 2.29. The lowest BCUT2D eigenvalue weighted by molar-refractivity contribution is 0.426. The van der Waals surface area contributed by atoms with Crippen molar-refractivity contribution in [2.45, 2.75) is 39.7 Å². The molecule has 0 saturated carbocycles. The van der Waals surface area contributed by atoms with E-state index in [2.05, 4.69) is 44.3 Å². The van der Waals surface area contributed by atoms with Gasteiger partial charge in [0.15, 0.2) is 0 Å². The molecule has 0 amide bonds. The van der Waals surface area contributed by atoms with E-state index in [4.69, 9.17) is 0 Å². The van der Waals surface area contributed by atoms with E-state index in [1.807, 2.05) is 0 Å². The molecule has 0 spiro atoms. The molecule has 2 rings (SSSR count). The minimum Gasteiger partial charge on any atom is -0.310 e. The minimum absolute atomic E-state index is 0.580. The summed E-state index contributed by atoms with van der Waals surface area (Å²) < 4.78 is 0. The molecule has 1 aliphatic carbocycles. The summed E-state index contributed by atoms with van der Waals surface area (Å²) in [4.78, 5) is 0. The van der Waals surface area contributed by atoms with E-state index >= 15 is 0 Å². The Morgan fingerprint density at radius 3 is 2.80 bits per heavy atom. The molecule has 0 radical (unpaired) electrons. The predicted octanol–water partition coefficient (Wildman–Crippen LogP) is 3.09. The molecule has 1 N–H and O–H groups in total. The van der Waals surface area contributed by atoms with E-state index in [1.165, 1.54) is 6.42 Å². The third kappa shape index (κ3) is 1.81. The second kappa shape index (κ2) is 4.36. The maximum absolute atomic E-state index is 3.60. The SMILES string of the molecule is CCNC1c2cccc(CC)c2CC1C. The van der Waals surface area contributed by atoms with Crippen molar-refractivity contribution in [3.05, 3.63) is 34.9 Å². The van der Waals surface area contributed by atoms with E-state index < -0.39 is 0 Å². The third-order valence-corrected chi connectivity index (χ3v) is 3.54. The molecule has 0 fully saturated rings. The molecular weight excluding hydrogens is 182 g/mol. The van der Waals surface area contributed by atoms with E-state index in [-0.39, 0.29) is 0 Å².